The lowest BCUT2D eigenvalue weighted by Crippen LogP contribution is -2.25. The van der Waals surface area contributed by atoms with Crippen molar-refractivity contribution in [3.8, 4) is 0 Å². The van der Waals surface area contributed by atoms with Gasteiger partial charge >= 0.3 is 0 Å². The molecule has 0 saturated heterocycles. The molecule has 160 valence electrons. The Labute approximate surface area is 176 Å². The van der Waals surface area contributed by atoms with Crippen molar-refractivity contribution >= 4 is 0 Å². The zero-order valence-corrected chi connectivity index (χ0v) is 19.1. The Balaban J connectivity index is 1.26. The van der Waals surface area contributed by atoms with Gasteiger partial charge in [-0.05, 0) is 119 Å². The molecule has 0 heterocycles. The highest BCUT2D eigenvalue weighted by Gasteiger charge is 2.30. The van der Waals surface area contributed by atoms with E-state index in [-0.39, 0.29) is 0 Å². The Bertz CT molecular complexity index is 448. The fraction of sp³-hybridized carbons (Fsp3) is 0.857. The lowest BCUT2D eigenvalue weighted by atomic mass is 9.68. The van der Waals surface area contributed by atoms with Crippen LogP contribution in [0.3, 0.4) is 0 Å². The van der Waals surface area contributed by atoms with Crippen molar-refractivity contribution in [2.45, 2.75) is 117 Å². The van der Waals surface area contributed by atoms with Crippen molar-refractivity contribution in [3.63, 3.8) is 0 Å². The average Bonchev–Trinajstić information content (AvgIpc) is 2.74. The molecule has 3 aliphatic carbocycles. The first-order valence-electron chi connectivity index (χ1n) is 13.1. The highest BCUT2D eigenvalue weighted by atomic mass is 14.4. The van der Waals surface area contributed by atoms with E-state index in [9.17, 15) is 0 Å². The number of hydrogen-bond donors (Lipinski definition) is 0. The normalized spacial score (nSPS) is 37.6. The summed E-state index contributed by atoms with van der Waals surface area (Å²) in [7, 11) is 0. The van der Waals surface area contributed by atoms with Crippen LogP contribution in [-0.4, -0.2) is 0 Å². The van der Waals surface area contributed by atoms with Crippen LogP contribution in [0.2, 0.25) is 0 Å². The Morgan fingerprint density at radius 1 is 0.607 bits per heavy atom. The smallest absolute Gasteiger partial charge is 0.0233 e. The average molecular weight is 385 g/mol. The summed E-state index contributed by atoms with van der Waals surface area (Å²) in [4.78, 5) is 0. The first-order valence-corrected chi connectivity index (χ1v) is 13.1. The van der Waals surface area contributed by atoms with Gasteiger partial charge in [-0.15, -0.1) is 0 Å². The van der Waals surface area contributed by atoms with E-state index in [4.69, 9.17) is 0 Å². The molecule has 0 amide bonds. The summed E-state index contributed by atoms with van der Waals surface area (Å²) in [6.07, 6.45) is 33.5. The van der Waals surface area contributed by atoms with Gasteiger partial charge in [0.1, 0.15) is 0 Å². The molecule has 3 fully saturated rings. The quantitative estimate of drug-likeness (QED) is 0.366. The zero-order chi connectivity index (χ0) is 19.6. The summed E-state index contributed by atoms with van der Waals surface area (Å²) < 4.78 is 0. The van der Waals surface area contributed by atoms with Crippen LogP contribution >= 0.6 is 0 Å². The van der Waals surface area contributed by atoms with Crippen LogP contribution in [-0.2, 0) is 0 Å². The van der Waals surface area contributed by atoms with Crippen molar-refractivity contribution in [1.29, 1.82) is 0 Å². The van der Waals surface area contributed by atoms with Crippen LogP contribution < -0.4 is 0 Å². The zero-order valence-electron chi connectivity index (χ0n) is 19.1. The van der Waals surface area contributed by atoms with E-state index in [1.807, 2.05) is 0 Å². The maximum Gasteiger partial charge on any atom is -0.0233 e. The van der Waals surface area contributed by atoms with Crippen molar-refractivity contribution in [2.75, 3.05) is 0 Å². The maximum absolute atomic E-state index is 2.61. The Morgan fingerprint density at radius 3 is 1.71 bits per heavy atom. The highest BCUT2D eigenvalue weighted by molar-refractivity contribution is 4.94. The Morgan fingerprint density at radius 2 is 1.11 bits per heavy atom. The van der Waals surface area contributed by atoms with Crippen molar-refractivity contribution in [1.82, 2.24) is 0 Å². The van der Waals surface area contributed by atoms with Crippen molar-refractivity contribution in [2.24, 2.45) is 35.5 Å². The van der Waals surface area contributed by atoms with E-state index in [1.165, 1.54) is 89.9 Å². The molecule has 0 heteroatoms. The molecular formula is C28H48. The third-order valence-electron chi connectivity index (χ3n) is 8.58. The molecule has 3 rings (SSSR count). The minimum absolute atomic E-state index is 0.883. The molecule has 0 aromatic heterocycles. The van der Waals surface area contributed by atoms with Crippen LogP contribution in [0.15, 0.2) is 24.3 Å². The molecule has 0 unspecified atom stereocenters. The molecule has 0 spiro atoms. The minimum Gasteiger partial charge on any atom is -0.0914 e. The van der Waals surface area contributed by atoms with Gasteiger partial charge in [0.2, 0.25) is 0 Å². The van der Waals surface area contributed by atoms with Gasteiger partial charge in [0, 0.05) is 0 Å². The lowest BCUT2D eigenvalue weighted by Gasteiger charge is -2.37. The summed E-state index contributed by atoms with van der Waals surface area (Å²) in [6.45, 7) is 4.53. The van der Waals surface area contributed by atoms with Crippen LogP contribution in [0.5, 0.6) is 0 Å². The number of allylic oxidation sites excluding steroid dienone is 4. The third kappa shape index (κ3) is 7.07. The van der Waals surface area contributed by atoms with Gasteiger partial charge in [-0.2, -0.15) is 0 Å². The summed E-state index contributed by atoms with van der Waals surface area (Å²) in [5.41, 5.74) is 0. The summed E-state index contributed by atoms with van der Waals surface area (Å²) in [5.74, 6) is 6.01. The van der Waals surface area contributed by atoms with E-state index >= 15 is 0 Å². The van der Waals surface area contributed by atoms with E-state index in [2.05, 4.69) is 38.2 Å². The predicted octanol–water partition coefficient (Wildman–Crippen LogP) is 9.12. The first-order chi connectivity index (χ1) is 13.8. The Hall–Kier alpha value is -0.520. The molecule has 0 nitrogen and oxygen atoms in total. The second kappa shape index (κ2) is 12.2. The predicted molar refractivity (Wildman–Crippen MR) is 124 cm³/mol. The molecule has 0 bridgehead atoms. The van der Waals surface area contributed by atoms with E-state index in [0.717, 1.165) is 35.5 Å². The first kappa shape index (κ1) is 22.2. The van der Waals surface area contributed by atoms with Crippen molar-refractivity contribution < 1.29 is 0 Å². The second-order valence-corrected chi connectivity index (χ2v) is 10.6. The van der Waals surface area contributed by atoms with Crippen LogP contribution in [0.25, 0.3) is 0 Å². The molecule has 0 aliphatic heterocycles. The van der Waals surface area contributed by atoms with Gasteiger partial charge in [-0.1, -0.05) is 56.9 Å². The van der Waals surface area contributed by atoms with E-state index < -0.39 is 0 Å². The van der Waals surface area contributed by atoms with Gasteiger partial charge in [0.25, 0.3) is 0 Å². The summed E-state index contributed by atoms with van der Waals surface area (Å²) in [5, 5.41) is 0. The standard InChI is InChI=1S/C28H48/c1-3-7-23-11-13-25(14-12-23)9-5-6-10-26-17-21-28(22-18-26)27-19-15-24(8-4-2)16-20-27/h3,6-7,10,23-28H,4-5,8-9,11-22H2,1-2H3/b7-3+,10-6+/t23-,24-,25-,26?,27-,28?. The molecule has 0 aromatic carbocycles. The van der Waals surface area contributed by atoms with E-state index in [0.29, 0.717) is 0 Å². The van der Waals surface area contributed by atoms with Crippen LogP contribution in [0.4, 0.5) is 0 Å². The molecule has 0 radical (unpaired) electrons. The third-order valence-corrected chi connectivity index (χ3v) is 8.58. The SMILES string of the molecule is C/C=C/[C@H]1CC[C@H](CC/C=C/C2CCC([C@H]3CC[C@H](CCC)CC3)CC2)CC1. The molecular weight excluding hydrogens is 336 g/mol. The fourth-order valence-corrected chi connectivity index (χ4v) is 6.73. The van der Waals surface area contributed by atoms with E-state index in [1.54, 1.807) is 12.8 Å². The Kier molecular flexibility index (Phi) is 9.69. The maximum atomic E-state index is 2.61. The monoisotopic (exact) mass is 384 g/mol. The number of hydrogen-bond acceptors (Lipinski definition) is 0. The molecule has 28 heavy (non-hydrogen) atoms. The van der Waals surface area contributed by atoms with Gasteiger partial charge in [0.15, 0.2) is 0 Å². The molecule has 3 aliphatic rings. The minimum atomic E-state index is 0.883. The molecule has 3 saturated carbocycles. The van der Waals surface area contributed by atoms with Crippen molar-refractivity contribution in [3.05, 3.63) is 24.3 Å². The molecule has 0 atom stereocenters. The largest absolute Gasteiger partial charge is 0.0914 e. The summed E-state index contributed by atoms with van der Waals surface area (Å²) in [6, 6.07) is 0. The van der Waals surface area contributed by atoms with Crippen LogP contribution in [0.1, 0.15) is 117 Å². The highest BCUT2D eigenvalue weighted by Crippen LogP contribution is 2.42. The summed E-state index contributed by atoms with van der Waals surface area (Å²) >= 11 is 0. The van der Waals surface area contributed by atoms with Gasteiger partial charge in [0.05, 0.1) is 0 Å². The van der Waals surface area contributed by atoms with Crippen LogP contribution in [0, 0.1) is 35.5 Å². The fourth-order valence-electron chi connectivity index (χ4n) is 6.73. The second-order valence-electron chi connectivity index (χ2n) is 10.6. The van der Waals surface area contributed by atoms with Gasteiger partial charge in [-0.25, -0.2) is 0 Å². The van der Waals surface area contributed by atoms with Gasteiger partial charge in [-0.3, -0.25) is 0 Å². The lowest BCUT2D eigenvalue weighted by molar-refractivity contribution is 0.152. The van der Waals surface area contributed by atoms with Gasteiger partial charge < -0.3 is 0 Å². The molecule has 0 N–H and O–H groups in total. The molecule has 0 aromatic rings. The topological polar surface area (TPSA) is 0 Å². The number of rotatable bonds is 8.